The minimum atomic E-state index is -3.23. The summed E-state index contributed by atoms with van der Waals surface area (Å²) in [5, 5.41) is 19.3. The highest BCUT2D eigenvalue weighted by Crippen LogP contribution is 2.54. The average molecular weight is 404 g/mol. The average Bonchev–Trinajstić information content (AvgIpc) is 3.40. The maximum Gasteiger partial charge on any atom is 0.303 e. The molecule has 0 aromatic carbocycles. The predicted molar refractivity (Wildman–Crippen MR) is 99.1 cm³/mol. The van der Waals surface area contributed by atoms with Gasteiger partial charge in [0, 0.05) is 25.7 Å². The molecule has 2 N–H and O–H groups in total. The molecule has 1 aliphatic carbocycles. The molecule has 3 rings (SSSR count). The van der Waals surface area contributed by atoms with Gasteiger partial charge in [-0.3, -0.25) is 4.79 Å². The van der Waals surface area contributed by atoms with Gasteiger partial charge in [0.15, 0.2) is 0 Å². The van der Waals surface area contributed by atoms with Crippen LogP contribution in [0, 0.1) is 11.8 Å². The molecule has 3 unspecified atom stereocenters. The van der Waals surface area contributed by atoms with Crippen LogP contribution in [0.25, 0.3) is 0 Å². The van der Waals surface area contributed by atoms with Gasteiger partial charge in [-0.2, -0.15) is 0 Å². The molecule has 0 aromatic heterocycles. The number of aliphatic hydroxyl groups is 1. The van der Waals surface area contributed by atoms with Crippen LogP contribution in [0.4, 0.5) is 8.78 Å². The minimum Gasteiger partial charge on any atom is -0.481 e. The second kappa shape index (κ2) is 8.92. The van der Waals surface area contributed by atoms with Gasteiger partial charge >= 0.3 is 11.9 Å². The maximum absolute atomic E-state index is 14.6. The first-order chi connectivity index (χ1) is 13.3. The van der Waals surface area contributed by atoms with Crippen molar-refractivity contribution in [3.63, 3.8) is 0 Å². The summed E-state index contributed by atoms with van der Waals surface area (Å²) in [6.07, 6.45) is 6.38. The fraction of sp³-hybridized carbons (Fsp3) is 0.952. The van der Waals surface area contributed by atoms with Crippen LogP contribution in [0.3, 0.4) is 0 Å². The number of epoxide rings is 1. The van der Waals surface area contributed by atoms with Crippen LogP contribution in [-0.2, 0) is 14.3 Å². The summed E-state index contributed by atoms with van der Waals surface area (Å²) in [6, 6.07) is 0. The van der Waals surface area contributed by atoms with Crippen LogP contribution in [0.5, 0.6) is 0 Å². The molecule has 2 aliphatic heterocycles. The fourth-order valence-corrected chi connectivity index (χ4v) is 5.10. The Morgan fingerprint density at radius 1 is 1.18 bits per heavy atom. The van der Waals surface area contributed by atoms with Gasteiger partial charge in [-0.25, -0.2) is 8.78 Å². The van der Waals surface area contributed by atoms with Gasteiger partial charge in [0.1, 0.15) is 0 Å². The lowest BCUT2D eigenvalue weighted by atomic mass is 9.70. The van der Waals surface area contributed by atoms with E-state index in [1.165, 1.54) is 0 Å². The molecule has 0 bridgehead atoms. The Labute approximate surface area is 165 Å². The van der Waals surface area contributed by atoms with Gasteiger partial charge in [0.05, 0.1) is 18.3 Å². The van der Waals surface area contributed by atoms with E-state index in [1.54, 1.807) is 0 Å². The van der Waals surface area contributed by atoms with E-state index in [2.05, 4.69) is 0 Å². The second-order valence-electron chi connectivity index (χ2n) is 8.84. The molecule has 0 spiro atoms. The van der Waals surface area contributed by atoms with Crippen molar-refractivity contribution in [1.82, 2.24) is 0 Å². The van der Waals surface area contributed by atoms with E-state index >= 15 is 0 Å². The molecule has 5 nitrogen and oxygen atoms in total. The van der Waals surface area contributed by atoms with Crippen molar-refractivity contribution < 1.29 is 33.3 Å². The number of alkyl halides is 2. The van der Waals surface area contributed by atoms with E-state index in [4.69, 9.17) is 14.6 Å². The Morgan fingerprint density at radius 3 is 2.64 bits per heavy atom. The zero-order valence-electron chi connectivity index (χ0n) is 16.7. The topological polar surface area (TPSA) is 79.3 Å². The Kier molecular flexibility index (Phi) is 6.98. The van der Waals surface area contributed by atoms with Crippen LogP contribution in [-0.4, -0.2) is 46.2 Å². The van der Waals surface area contributed by atoms with Gasteiger partial charge in [0.2, 0.25) is 5.79 Å². The summed E-state index contributed by atoms with van der Waals surface area (Å²) in [5.74, 6) is -5.89. The Bertz CT molecular complexity index is 543. The molecule has 1 saturated carbocycles. The summed E-state index contributed by atoms with van der Waals surface area (Å²) in [7, 11) is 0. The normalized spacial score (nSPS) is 37.2. The zero-order chi connectivity index (χ0) is 20.4. The summed E-state index contributed by atoms with van der Waals surface area (Å²) in [4.78, 5) is 10.6. The molecule has 0 radical (unpaired) electrons. The van der Waals surface area contributed by atoms with E-state index in [-0.39, 0.29) is 49.4 Å². The molecule has 2 saturated heterocycles. The lowest BCUT2D eigenvalue weighted by Gasteiger charge is -2.48. The summed E-state index contributed by atoms with van der Waals surface area (Å²) >= 11 is 0. The van der Waals surface area contributed by atoms with Gasteiger partial charge in [-0.15, -0.1) is 0 Å². The van der Waals surface area contributed by atoms with E-state index in [9.17, 15) is 18.7 Å². The quantitative estimate of drug-likeness (QED) is 0.391. The predicted octanol–water partition coefficient (Wildman–Crippen LogP) is 4.51. The van der Waals surface area contributed by atoms with Crippen molar-refractivity contribution >= 4 is 5.97 Å². The van der Waals surface area contributed by atoms with Crippen molar-refractivity contribution in [2.45, 2.75) is 114 Å². The third-order valence-electron chi connectivity index (χ3n) is 6.79. The molecule has 3 fully saturated rings. The van der Waals surface area contributed by atoms with E-state index in [1.807, 2.05) is 6.92 Å². The van der Waals surface area contributed by atoms with Gasteiger partial charge in [-0.1, -0.05) is 32.6 Å². The Hall–Kier alpha value is -0.790. The molecule has 28 heavy (non-hydrogen) atoms. The first-order valence-corrected chi connectivity index (χ1v) is 10.9. The highest BCUT2D eigenvalue weighted by atomic mass is 19.3. The number of aliphatic carboxylic acids is 1. The molecular weight excluding hydrogens is 370 g/mol. The van der Waals surface area contributed by atoms with Crippen molar-refractivity contribution in [1.29, 1.82) is 0 Å². The molecule has 6 atom stereocenters. The van der Waals surface area contributed by atoms with Crippen molar-refractivity contribution in [3.05, 3.63) is 0 Å². The van der Waals surface area contributed by atoms with Crippen LogP contribution in [0.2, 0.25) is 0 Å². The number of carbonyl (C=O) groups is 1. The molecule has 7 heteroatoms. The largest absolute Gasteiger partial charge is 0.481 e. The SMILES string of the molecule is CCCCC(F)(F)[C@@]1(O)CCC2[C@@H](CCCCCCC(=O)O)C3OC3C[C@H]2O1. The second-order valence-corrected chi connectivity index (χ2v) is 8.84. The number of unbranched alkanes of at least 4 members (excludes halogenated alkanes) is 4. The lowest BCUT2D eigenvalue weighted by Crippen LogP contribution is -2.58. The van der Waals surface area contributed by atoms with Crippen LogP contribution >= 0.6 is 0 Å². The van der Waals surface area contributed by atoms with Gasteiger partial charge < -0.3 is 19.7 Å². The number of fused-ring (bicyclic) bond motifs is 2. The van der Waals surface area contributed by atoms with Crippen molar-refractivity contribution in [2.24, 2.45) is 11.8 Å². The molecule has 0 amide bonds. The third-order valence-corrected chi connectivity index (χ3v) is 6.79. The first-order valence-electron chi connectivity index (χ1n) is 10.9. The highest BCUT2D eigenvalue weighted by molar-refractivity contribution is 5.66. The summed E-state index contributed by atoms with van der Waals surface area (Å²) in [5.41, 5.74) is 0. The van der Waals surface area contributed by atoms with E-state index < -0.39 is 17.7 Å². The molecule has 162 valence electrons. The number of rotatable bonds is 11. The molecular formula is C21H34F2O5. The van der Waals surface area contributed by atoms with Crippen LogP contribution in [0.15, 0.2) is 0 Å². The number of ether oxygens (including phenoxy) is 2. The standard InChI is InChI=1S/C21H34F2O5/c1-2-3-11-20(22,23)21(26)12-10-14-15(8-6-4-5-7-9-18(24)25)19-17(27-19)13-16(14)28-21/h14-17,19,26H,2-13H2,1H3,(H,24,25)/t14?,15-,16-,17?,19?,21-/m1/s1. The monoisotopic (exact) mass is 404 g/mol. The highest BCUT2D eigenvalue weighted by Gasteiger charge is 2.62. The number of halogens is 2. The van der Waals surface area contributed by atoms with E-state index in [0.29, 0.717) is 32.1 Å². The zero-order valence-corrected chi connectivity index (χ0v) is 16.7. The number of hydrogen-bond donors (Lipinski definition) is 2. The third kappa shape index (κ3) is 4.85. The van der Waals surface area contributed by atoms with Gasteiger partial charge in [0.25, 0.3) is 0 Å². The first kappa shape index (κ1) is 21.9. The maximum atomic E-state index is 14.6. The molecule has 0 aromatic rings. The Morgan fingerprint density at radius 2 is 1.93 bits per heavy atom. The Balaban J connectivity index is 1.52. The lowest BCUT2D eigenvalue weighted by molar-refractivity contribution is -0.362. The van der Waals surface area contributed by atoms with Crippen molar-refractivity contribution in [3.8, 4) is 0 Å². The fourth-order valence-electron chi connectivity index (χ4n) is 5.10. The van der Waals surface area contributed by atoms with Crippen LogP contribution in [0.1, 0.15) is 84.0 Å². The smallest absolute Gasteiger partial charge is 0.303 e. The minimum absolute atomic E-state index is 0.0304. The number of carboxylic acids is 1. The molecule has 2 heterocycles. The van der Waals surface area contributed by atoms with Gasteiger partial charge in [-0.05, 0) is 37.5 Å². The number of carboxylic acid groups (broad SMARTS) is 1. The van der Waals surface area contributed by atoms with Crippen LogP contribution < -0.4 is 0 Å². The summed E-state index contributed by atoms with van der Waals surface area (Å²) in [6.45, 7) is 1.86. The number of hydrogen-bond acceptors (Lipinski definition) is 4. The summed E-state index contributed by atoms with van der Waals surface area (Å²) < 4.78 is 40.6. The van der Waals surface area contributed by atoms with E-state index in [0.717, 1.165) is 25.7 Å². The molecule has 3 aliphatic rings. The van der Waals surface area contributed by atoms with Crippen molar-refractivity contribution in [2.75, 3.05) is 0 Å².